The number of carbonyl (C=O) groups excluding carboxylic acids is 1. The minimum atomic E-state index is -0.0841. The van der Waals surface area contributed by atoms with Crippen LogP contribution in [0.5, 0.6) is 5.75 Å². The first kappa shape index (κ1) is 22.5. The second-order valence-corrected chi connectivity index (χ2v) is 9.84. The van der Waals surface area contributed by atoms with Crippen molar-refractivity contribution in [1.82, 2.24) is 15.0 Å². The summed E-state index contributed by atoms with van der Waals surface area (Å²) in [6.07, 6.45) is 1.72. The number of rotatable bonds is 5. The Morgan fingerprint density at radius 1 is 1.11 bits per heavy atom. The van der Waals surface area contributed by atoms with E-state index in [1.807, 2.05) is 60.4 Å². The van der Waals surface area contributed by atoms with Crippen molar-refractivity contribution in [2.45, 2.75) is 25.7 Å². The van der Waals surface area contributed by atoms with E-state index in [4.69, 9.17) is 18.7 Å². The average molecular weight is 500 g/mol. The van der Waals surface area contributed by atoms with Gasteiger partial charge in [-0.2, -0.15) is 0 Å². The van der Waals surface area contributed by atoms with E-state index in [2.05, 4.69) is 10.5 Å². The Hall–Kier alpha value is -3.91. The number of furan rings is 1. The molecule has 0 saturated carbocycles. The van der Waals surface area contributed by atoms with Crippen LogP contribution < -0.4 is 4.74 Å². The first-order valence-corrected chi connectivity index (χ1v) is 12.8. The Kier molecular flexibility index (Phi) is 5.81. The van der Waals surface area contributed by atoms with E-state index in [1.165, 1.54) is 0 Å². The Morgan fingerprint density at radius 2 is 1.92 bits per heavy atom. The predicted molar refractivity (Wildman–Crippen MR) is 138 cm³/mol. The number of thiazole rings is 1. The van der Waals surface area contributed by atoms with Crippen molar-refractivity contribution in [3.05, 3.63) is 76.5 Å². The molecule has 36 heavy (non-hydrogen) atoms. The van der Waals surface area contributed by atoms with E-state index in [0.29, 0.717) is 36.1 Å². The number of nitrogens with zero attached hydrogens (tertiary/aromatic N) is 3. The van der Waals surface area contributed by atoms with Gasteiger partial charge in [-0.1, -0.05) is 47.6 Å². The zero-order chi connectivity index (χ0) is 24.6. The summed E-state index contributed by atoms with van der Waals surface area (Å²) in [5, 5.41) is 8.33. The number of fused-ring (bicyclic) bond motifs is 1. The molecule has 4 heterocycles. The number of para-hydroxylation sites is 1. The lowest BCUT2D eigenvalue weighted by atomic mass is 9.97. The predicted octanol–water partition coefficient (Wildman–Crippen LogP) is 6.55. The van der Waals surface area contributed by atoms with Crippen molar-refractivity contribution in [2.24, 2.45) is 0 Å². The highest BCUT2D eigenvalue weighted by Gasteiger charge is 2.29. The van der Waals surface area contributed by atoms with Crippen LogP contribution in [0.4, 0.5) is 0 Å². The lowest BCUT2D eigenvalue weighted by molar-refractivity contribution is 0.0683. The van der Waals surface area contributed by atoms with Crippen LogP contribution in [0.1, 0.15) is 40.1 Å². The topological polar surface area (TPSA) is 81.6 Å². The fraction of sp³-hybridized carbons (Fsp3) is 0.250. The first-order chi connectivity index (χ1) is 17.6. The molecule has 2 aromatic carbocycles. The van der Waals surface area contributed by atoms with Gasteiger partial charge in [-0.05, 0) is 31.9 Å². The SMILES string of the molecule is COc1cccc2cc(C(=O)N3CCC(c4nc(-c5c(-c6ccccc6)noc5C)cs4)CC3)oc12. The molecular weight excluding hydrogens is 474 g/mol. The van der Waals surface area contributed by atoms with Gasteiger partial charge in [0.1, 0.15) is 11.5 Å². The molecule has 1 fully saturated rings. The zero-order valence-electron chi connectivity index (χ0n) is 20.1. The molecule has 1 aliphatic rings. The van der Waals surface area contributed by atoms with Crippen LogP contribution in [0.15, 0.2) is 68.9 Å². The quantitative estimate of drug-likeness (QED) is 0.273. The molecule has 0 atom stereocenters. The minimum Gasteiger partial charge on any atom is -0.493 e. The summed E-state index contributed by atoms with van der Waals surface area (Å²) in [4.78, 5) is 20.0. The highest BCUT2D eigenvalue weighted by molar-refractivity contribution is 7.10. The third-order valence-electron chi connectivity index (χ3n) is 6.76. The third kappa shape index (κ3) is 3.97. The molecule has 6 rings (SSSR count). The van der Waals surface area contributed by atoms with Crippen molar-refractivity contribution in [2.75, 3.05) is 20.2 Å². The number of likely N-dealkylation sites (tertiary alicyclic amines) is 1. The molecule has 0 unspecified atom stereocenters. The summed E-state index contributed by atoms with van der Waals surface area (Å²) >= 11 is 1.66. The summed E-state index contributed by atoms with van der Waals surface area (Å²) in [5.41, 5.74) is 4.26. The smallest absolute Gasteiger partial charge is 0.289 e. The van der Waals surface area contributed by atoms with Crippen LogP contribution in [0, 0.1) is 6.92 Å². The van der Waals surface area contributed by atoms with Gasteiger partial charge in [0.15, 0.2) is 17.1 Å². The van der Waals surface area contributed by atoms with Gasteiger partial charge in [0.25, 0.3) is 5.91 Å². The summed E-state index contributed by atoms with van der Waals surface area (Å²) in [5.74, 6) is 1.96. The number of amides is 1. The normalized spacial score (nSPS) is 14.4. The number of aromatic nitrogens is 2. The summed E-state index contributed by atoms with van der Waals surface area (Å²) in [6.45, 7) is 3.24. The number of ether oxygens (including phenoxy) is 1. The van der Waals surface area contributed by atoms with E-state index in [-0.39, 0.29) is 5.91 Å². The highest BCUT2D eigenvalue weighted by Crippen LogP contribution is 2.38. The molecule has 1 saturated heterocycles. The first-order valence-electron chi connectivity index (χ1n) is 12.0. The molecule has 1 amide bonds. The van der Waals surface area contributed by atoms with Gasteiger partial charge in [0.05, 0.1) is 23.4 Å². The van der Waals surface area contributed by atoms with Crippen LogP contribution in [-0.4, -0.2) is 41.1 Å². The van der Waals surface area contributed by atoms with Gasteiger partial charge < -0.3 is 18.6 Å². The Bertz CT molecular complexity index is 1530. The number of hydrogen-bond donors (Lipinski definition) is 0. The van der Waals surface area contributed by atoms with E-state index in [9.17, 15) is 4.79 Å². The number of methoxy groups -OCH3 is 1. The van der Waals surface area contributed by atoms with E-state index < -0.39 is 0 Å². The molecule has 5 aromatic rings. The fourth-order valence-corrected chi connectivity index (χ4v) is 5.83. The number of carbonyl (C=O) groups is 1. The van der Waals surface area contributed by atoms with Crippen molar-refractivity contribution in [3.8, 4) is 28.3 Å². The molecule has 0 radical (unpaired) electrons. The molecule has 3 aromatic heterocycles. The number of aryl methyl sites for hydroxylation is 1. The number of piperidine rings is 1. The van der Waals surface area contributed by atoms with Crippen LogP contribution in [0.2, 0.25) is 0 Å². The lowest BCUT2D eigenvalue weighted by Crippen LogP contribution is -2.37. The van der Waals surface area contributed by atoms with E-state index in [1.54, 1.807) is 24.5 Å². The van der Waals surface area contributed by atoms with Gasteiger partial charge >= 0.3 is 0 Å². The number of hydrogen-bond acceptors (Lipinski definition) is 7. The lowest BCUT2D eigenvalue weighted by Gasteiger charge is -2.30. The maximum Gasteiger partial charge on any atom is 0.289 e. The Morgan fingerprint density at radius 3 is 2.69 bits per heavy atom. The molecule has 8 heteroatoms. The van der Waals surface area contributed by atoms with Crippen LogP contribution >= 0.6 is 11.3 Å². The number of benzene rings is 2. The molecule has 182 valence electrons. The molecule has 0 spiro atoms. The van der Waals surface area contributed by atoms with Gasteiger partial charge in [-0.3, -0.25) is 4.79 Å². The van der Waals surface area contributed by atoms with Crippen LogP contribution in [0.25, 0.3) is 33.5 Å². The molecule has 1 aliphatic heterocycles. The average Bonchev–Trinajstić information content (AvgIpc) is 3.66. The van der Waals surface area contributed by atoms with Crippen molar-refractivity contribution >= 4 is 28.2 Å². The fourth-order valence-electron chi connectivity index (χ4n) is 4.84. The Balaban J connectivity index is 1.17. The molecule has 0 bridgehead atoms. The second-order valence-electron chi connectivity index (χ2n) is 8.96. The van der Waals surface area contributed by atoms with Crippen molar-refractivity contribution < 1.29 is 18.5 Å². The third-order valence-corrected chi connectivity index (χ3v) is 7.77. The molecule has 0 aliphatic carbocycles. The second kappa shape index (κ2) is 9.28. The molecular formula is C28H25N3O4S. The molecule has 0 N–H and O–H groups in total. The monoisotopic (exact) mass is 499 g/mol. The highest BCUT2D eigenvalue weighted by atomic mass is 32.1. The van der Waals surface area contributed by atoms with E-state index in [0.717, 1.165) is 51.5 Å². The van der Waals surface area contributed by atoms with E-state index >= 15 is 0 Å². The zero-order valence-corrected chi connectivity index (χ0v) is 20.9. The van der Waals surface area contributed by atoms with Gasteiger partial charge in [0, 0.05) is 35.3 Å². The van der Waals surface area contributed by atoms with Crippen LogP contribution in [-0.2, 0) is 0 Å². The summed E-state index contributed by atoms with van der Waals surface area (Å²) < 4.78 is 16.8. The van der Waals surface area contributed by atoms with Crippen molar-refractivity contribution in [3.63, 3.8) is 0 Å². The van der Waals surface area contributed by atoms with Gasteiger partial charge in [-0.15, -0.1) is 11.3 Å². The maximum atomic E-state index is 13.1. The standard InChI is InChI=1S/C28H25N3O4S/c1-17-24(25(30-35-17)18-7-4-3-5-8-18)21-16-36-27(29-21)19-11-13-31(14-12-19)28(32)23-15-20-9-6-10-22(33-2)26(20)34-23/h3-10,15-16,19H,11-14H2,1-2H3. The van der Waals surface area contributed by atoms with Gasteiger partial charge in [-0.25, -0.2) is 4.98 Å². The minimum absolute atomic E-state index is 0.0841. The summed E-state index contributed by atoms with van der Waals surface area (Å²) in [7, 11) is 1.60. The largest absolute Gasteiger partial charge is 0.493 e. The van der Waals surface area contributed by atoms with Crippen molar-refractivity contribution in [1.29, 1.82) is 0 Å². The Labute approximate surface area is 212 Å². The van der Waals surface area contributed by atoms with Gasteiger partial charge in [0.2, 0.25) is 0 Å². The van der Waals surface area contributed by atoms with Crippen LogP contribution in [0.3, 0.4) is 0 Å². The maximum absolute atomic E-state index is 13.1. The molecule has 7 nitrogen and oxygen atoms in total. The summed E-state index contributed by atoms with van der Waals surface area (Å²) in [6, 6.07) is 17.5.